The van der Waals surface area contributed by atoms with Crippen molar-refractivity contribution in [3.8, 4) is 0 Å². The van der Waals surface area contributed by atoms with Gasteiger partial charge in [-0.2, -0.15) is 0 Å². The van der Waals surface area contributed by atoms with E-state index in [1.165, 1.54) is 74.5 Å². The minimum atomic E-state index is 0.458. The number of aryl methyl sites for hydroxylation is 2. The lowest BCUT2D eigenvalue weighted by atomic mass is 9.72. The molecule has 44 heavy (non-hydrogen) atoms. The van der Waals surface area contributed by atoms with Gasteiger partial charge in [-0.25, -0.2) is 0 Å². The number of hydrogen-bond acceptors (Lipinski definition) is 1. The van der Waals surface area contributed by atoms with E-state index < -0.39 is 0 Å². The Hall–Kier alpha value is -2.12. The molecule has 0 aromatic heterocycles. The number of likely N-dealkylation sites (N-methyl/N-ethyl adjacent to an activating group) is 1. The van der Waals surface area contributed by atoms with Crippen LogP contribution in [0.15, 0.2) is 86.5 Å². The first-order valence-electron chi connectivity index (χ1n) is 17.8. The summed E-state index contributed by atoms with van der Waals surface area (Å²) >= 11 is 0. The Morgan fingerprint density at radius 3 is 1.68 bits per heavy atom. The lowest BCUT2D eigenvalue weighted by Gasteiger charge is -2.34. The van der Waals surface area contributed by atoms with Gasteiger partial charge in [-0.1, -0.05) is 146 Å². The van der Waals surface area contributed by atoms with Gasteiger partial charge < -0.3 is 5.32 Å². The molecule has 2 saturated carbocycles. The molecular weight excluding hydrogens is 530 g/mol. The van der Waals surface area contributed by atoms with Crippen molar-refractivity contribution in [2.75, 3.05) is 7.05 Å². The summed E-state index contributed by atoms with van der Waals surface area (Å²) in [4.78, 5) is 0. The van der Waals surface area contributed by atoms with Crippen LogP contribution in [-0.2, 0) is 6.42 Å². The Morgan fingerprint density at radius 2 is 1.36 bits per heavy atom. The van der Waals surface area contributed by atoms with Crippen molar-refractivity contribution in [3.63, 3.8) is 0 Å². The highest BCUT2D eigenvalue weighted by Crippen LogP contribution is 2.38. The monoisotopic (exact) mass is 610 g/mol. The maximum Gasteiger partial charge on any atom is 0.0242 e. The molecule has 1 aromatic carbocycles. The van der Waals surface area contributed by atoms with Crippen molar-refractivity contribution in [3.05, 3.63) is 97.7 Å². The molecule has 1 N–H and O–H groups in total. The molecule has 1 heteroatoms. The summed E-state index contributed by atoms with van der Waals surface area (Å²) < 4.78 is 0. The molecule has 1 aromatic rings. The van der Waals surface area contributed by atoms with Gasteiger partial charge >= 0.3 is 0 Å². The van der Waals surface area contributed by atoms with Gasteiger partial charge in [0.15, 0.2) is 0 Å². The van der Waals surface area contributed by atoms with Gasteiger partial charge in [0.25, 0.3) is 0 Å². The maximum atomic E-state index is 3.76. The first kappa shape index (κ1) is 48.8. The Bertz CT molecular complexity index is 760. The lowest BCUT2D eigenvalue weighted by Crippen LogP contribution is -2.22. The molecule has 0 aliphatic heterocycles. The van der Waals surface area contributed by atoms with Gasteiger partial charge in [-0.3, -0.25) is 0 Å². The number of allylic oxidation sites excluding steroid dienone is 5. The topological polar surface area (TPSA) is 12.0 Å². The molecule has 0 spiro atoms. The molecule has 2 fully saturated rings. The molecule has 0 radical (unpaired) electrons. The van der Waals surface area contributed by atoms with E-state index in [0.717, 1.165) is 30.1 Å². The van der Waals surface area contributed by atoms with Crippen molar-refractivity contribution < 1.29 is 0 Å². The quantitative estimate of drug-likeness (QED) is 0.228. The molecule has 2 aliphatic carbocycles. The van der Waals surface area contributed by atoms with E-state index >= 15 is 0 Å². The molecule has 0 saturated heterocycles. The van der Waals surface area contributed by atoms with Crippen LogP contribution in [-0.4, -0.2) is 13.1 Å². The average molecular weight is 610 g/mol. The van der Waals surface area contributed by atoms with Gasteiger partial charge in [0.1, 0.15) is 0 Å². The molecule has 1 unspecified atom stereocenters. The highest BCUT2D eigenvalue weighted by molar-refractivity contribution is 5.20. The van der Waals surface area contributed by atoms with Gasteiger partial charge in [0.2, 0.25) is 0 Å². The van der Waals surface area contributed by atoms with E-state index in [4.69, 9.17) is 0 Å². The third-order valence-electron chi connectivity index (χ3n) is 8.10. The van der Waals surface area contributed by atoms with E-state index in [2.05, 4.69) is 129 Å². The molecule has 1 nitrogen and oxygen atoms in total. The highest BCUT2D eigenvalue weighted by Gasteiger charge is 2.26. The summed E-state index contributed by atoms with van der Waals surface area (Å²) in [6.07, 6.45) is 24.5. The SMILES string of the molecule is C/C=C/C=C\CCC1CC(CC)C1.C=C.C=C(C)C(C)NC.C=CC.CC.CC1CCC(C)CC1.CCc1ccc(C)cc1. The molecule has 0 bridgehead atoms. The number of nitrogens with one attached hydrogen (secondary N) is 1. The van der Waals surface area contributed by atoms with Gasteiger partial charge in [0.05, 0.1) is 0 Å². The highest BCUT2D eigenvalue weighted by atomic mass is 14.8. The second-order valence-corrected chi connectivity index (χ2v) is 12.1. The molecular formula is C43H79N. The van der Waals surface area contributed by atoms with E-state index in [1.807, 2.05) is 34.7 Å². The number of rotatable bonds is 8. The zero-order valence-electron chi connectivity index (χ0n) is 32.0. The predicted octanol–water partition coefficient (Wildman–Crippen LogP) is 13.9. The van der Waals surface area contributed by atoms with Crippen molar-refractivity contribution in [2.45, 2.75) is 146 Å². The van der Waals surface area contributed by atoms with Crippen LogP contribution < -0.4 is 5.32 Å². The van der Waals surface area contributed by atoms with Crippen molar-refractivity contribution in [1.29, 1.82) is 0 Å². The fourth-order valence-corrected chi connectivity index (χ4v) is 4.56. The van der Waals surface area contributed by atoms with Crippen LogP contribution in [0.1, 0.15) is 138 Å². The Morgan fingerprint density at radius 1 is 0.909 bits per heavy atom. The smallest absolute Gasteiger partial charge is 0.0242 e. The molecule has 1 atom stereocenters. The molecule has 256 valence electrons. The molecule has 0 heterocycles. The fourth-order valence-electron chi connectivity index (χ4n) is 4.56. The zero-order valence-corrected chi connectivity index (χ0v) is 32.0. The van der Waals surface area contributed by atoms with Gasteiger partial charge in [-0.15, -0.1) is 19.7 Å². The number of benzene rings is 1. The number of hydrogen-bond donors (Lipinski definition) is 1. The van der Waals surface area contributed by atoms with Crippen LogP contribution in [0, 0.1) is 30.6 Å². The zero-order chi connectivity index (χ0) is 34.8. The molecule has 3 rings (SSSR count). The van der Waals surface area contributed by atoms with Crippen LogP contribution in [0.25, 0.3) is 0 Å². The molecule has 2 aliphatic rings. The predicted molar refractivity (Wildman–Crippen MR) is 209 cm³/mol. The first-order chi connectivity index (χ1) is 21.1. The molecule has 0 amide bonds. The van der Waals surface area contributed by atoms with Crippen molar-refractivity contribution >= 4 is 0 Å². The summed E-state index contributed by atoms with van der Waals surface area (Å²) in [6.45, 7) is 36.5. The second kappa shape index (κ2) is 37.1. The second-order valence-electron chi connectivity index (χ2n) is 12.1. The van der Waals surface area contributed by atoms with E-state index in [0.29, 0.717) is 6.04 Å². The summed E-state index contributed by atoms with van der Waals surface area (Å²) in [6, 6.07) is 9.11. The fraction of sp³-hybridized carbons (Fsp3) is 0.628. The minimum absolute atomic E-state index is 0.458. The Balaban J connectivity index is -0.000000231. The van der Waals surface area contributed by atoms with Crippen LogP contribution in [0.4, 0.5) is 0 Å². The van der Waals surface area contributed by atoms with Gasteiger partial charge in [0, 0.05) is 6.04 Å². The average Bonchev–Trinajstić information content (AvgIpc) is 3.02. The lowest BCUT2D eigenvalue weighted by molar-refractivity contribution is 0.178. The van der Waals surface area contributed by atoms with E-state index in [-0.39, 0.29) is 0 Å². The summed E-state index contributed by atoms with van der Waals surface area (Å²) in [5, 5.41) is 3.06. The van der Waals surface area contributed by atoms with Crippen LogP contribution >= 0.6 is 0 Å². The first-order valence-corrected chi connectivity index (χ1v) is 17.8. The standard InChI is InChI=1S/C13H22.C9H12.C8H16.C6H13N.C3H6.C2H6.C2H4/c1-3-5-6-7-8-9-13-10-12(4-2)11-13;1-3-9-6-4-8(2)5-7-9;1-7-3-5-8(2)6-4-7;1-5(2)6(3)7-4;1-3-2;2*1-2/h3,5-7,12-13H,4,8-11H2,1-2H3;4-7H,3H2,1-2H3;7-8H,3-6H2,1-2H3;6-7H,1H2,2-4H3;3H,1H2,2H3;1-2H3;1-2H2/b5-3+,7-6-;;;;;;. The minimum Gasteiger partial charge on any atom is -0.314 e. The Labute approximate surface area is 279 Å². The van der Waals surface area contributed by atoms with E-state index in [1.54, 1.807) is 6.08 Å². The van der Waals surface area contributed by atoms with Crippen molar-refractivity contribution in [2.24, 2.45) is 23.7 Å². The van der Waals surface area contributed by atoms with Crippen LogP contribution in [0.5, 0.6) is 0 Å². The normalized spacial score (nSPS) is 20.3. The van der Waals surface area contributed by atoms with Crippen LogP contribution in [0.2, 0.25) is 0 Å². The van der Waals surface area contributed by atoms with E-state index in [9.17, 15) is 0 Å². The summed E-state index contributed by atoms with van der Waals surface area (Å²) in [7, 11) is 1.93. The third kappa shape index (κ3) is 32.8. The largest absolute Gasteiger partial charge is 0.314 e. The summed E-state index contributed by atoms with van der Waals surface area (Å²) in [5.41, 5.74) is 3.94. The third-order valence-corrected chi connectivity index (χ3v) is 8.10. The van der Waals surface area contributed by atoms with Crippen molar-refractivity contribution in [1.82, 2.24) is 5.32 Å². The Kier molecular flexibility index (Phi) is 41.1. The maximum absolute atomic E-state index is 3.76. The summed E-state index contributed by atoms with van der Waals surface area (Å²) in [5.74, 6) is 4.14. The van der Waals surface area contributed by atoms with Gasteiger partial charge in [-0.05, 0) is 103 Å². The van der Waals surface area contributed by atoms with Crippen LogP contribution in [0.3, 0.4) is 0 Å².